The predicted octanol–water partition coefficient (Wildman–Crippen LogP) is 2.70. The number of benzene rings is 1. The third-order valence-corrected chi connectivity index (χ3v) is 3.31. The van der Waals surface area contributed by atoms with Crippen molar-refractivity contribution in [3.05, 3.63) is 29.8 Å². The van der Waals surface area contributed by atoms with Crippen molar-refractivity contribution in [1.29, 1.82) is 0 Å². The molecule has 0 spiro atoms. The number of aliphatic hydroxyl groups is 1. The Morgan fingerprint density at radius 2 is 2.27 bits per heavy atom. The zero-order chi connectivity index (χ0) is 11.1. The Morgan fingerprint density at radius 1 is 1.47 bits per heavy atom. The standard InChI is InChI=1S/C12H18O2S/c1-10(6-7-14-2)15-12-5-3-4-11(8-12)9-13/h3-5,8,10,13H,6-7,9H2,1-2H3. The Bertz CT molecular complexity index is 289. The lowest BCUT2D eigenvalue weighted by molar-refractivity contribution is 0.195. The van der Waals surface area contributed by atoms with E-state index in [0.717, 1.165) is 18.6 Å². The van der Waals surface area contributed by atoms with Gasteiger partial charge in [-0.25, -0.2) is 0 Å². The van der Waals surface area contributed by atoms with Crippen molar-refractivity contribution in [2.75, 3.05) is 13.7 Å². The van der Waals surface area contributed by atoms with Crippen LogP contribution < -0.4 is 0 Å². The van der Waals surface area contributed by atoms with E-state index in [1.54, 1.807) is 7.11 Å². The molecular formula is C12H18O2S. The van der Waals surface area contributed by atoms with Gasteiger partial charge in [-0.1, -0.05) is 19.1 Å². The van der Waals surface area contributed by atoms with Gasteiger partial charge < -0.3 is 9.84 Å². The molecule has 1 rings (SSSR count). The molecular weight excluding hydrogens is 208 g/mol. The van der Waals surface area contributed by atoms with E-state index in [1.165, 1.54) is 4.90 Å². The fraction of sp³-hybridized carbons (Fsp3) is 0.500. The van der Waals surface area contributed by atoms with Crippen LogP contribution in [0.4, 0.5) is 0 Å². The van der Waals surface area contributed by atoms with Crippen LogP contribution in [0.5, 0.6) is 0 Å². The van der Waals surface area contributed by atoms with E-state index in [1.807, 2.05) is 30.0 Å². The summed E-state index contributed by atoms with van der Waals surface area (Å²) in [6, 6.07) is 8.03. The van der Waals surface area contributed by atoms with Crippen molar-refractivity contribution in [2.24, 2.45) is 0 Å². The van der Waals surface area contributed by atoms with Crippen molar-refractivity contribution in [2.45, 2.75) is 30.1 Å². The normalized spacial score (nSPS) is 12.7. The van der Waals surface area contributed by atoms with Gasteiger partial charge in [-0.15, -0.1) is 11.8 Å². The molecule has 3 heteroatoms. The van der Waals surface area contributed by atoms with E-state index in [9.17, 15) is 0 Å². The van der Waals surface area contributed by atoms with Crippen LogP contribution in [0.25, 0.3) is 0 Å². The Kier molecular flexibility index (Phi) is 5.76. The molecule has 1 unspecified atom stereocenters. The van der Waals surface area contributed by atoms with Gasteiger partial charge in [0.15, 0.2) is 0 Å². The fourth-order valence-electron chi connectivity index (χ4n) is 1.29. The summed E-state index contributed by atoms with van der Waals surface area (Å²) in [4.78, 5) is 1.21. The quantitative estimate of drug-likeness (QED) is 0.756. The molecule has 0 aliphatic rings. The molecule has 1 aromatic carbocycles. The van der Waals surface area contributed by atoms with E-state index in [-0.39, 0.29) is 6.61 Å². The van der Waals surface area contributed by atoms with Gasteiger partial charge in [0.05, 0.1) is 6.61 Å². The number of aliphatic hydroxyl groups excluding tert-OH is 1. The van der Waals surface area contributed by atoms with E-state index in [4.69, 9.17) is 9.84 Å². The molecule has 0 bridgehead atoms. The van der Waals surface area contributed by atoms with Gasteiger partial charge in [-0.05, 0) is 24.1 Å². The summed E-state index contributed by atoms with van der Waals surface area (Å²) in [6.07, 6.45) is 1.05. The van der Waals surface area contributed by atoms with Crippen molar-refractivity contribution in [3.63, 3.8) is 0 Å². The molecule has 1 atom stereocenters. The molecule has 0 aromatic heterocycles. The molecule has 0 heterocycles. The van der Waals surface area contributed by atoms with Crippen LogP contribution in [-0.4, -0.2) is 24.1 Å². The molecule has 0 radical (unpaired) electrons. The first-order valence-corrected chi connectivity index (χ1v) is 5.99. The fourth-order valence-corrected chi connectivity index (χ4v) is 2.35. The van der Waals surface area contributed by atoms with E-state index >= 15 is 0 Å². The third kappa shape index (κ3) is 4.69. The van der Waals surface area contributed by atoms with E-state index in [2.05, 4.69) is 13.0 Å². The maximum absolute atomic E-state index is 9.01. The SMILES string of the molecule is COCCC(C)Sc1cccc(CO)c1. The van der Waals surface area contributed by atoms with E-state index < -0.39 is 0 Å². The van der Waals surface area contributed by atoms with Gasteiger partial charge in [0.1, 0.15) is 0 Å². The monoisotopic (exact) mass is 226 g/mol. The summed E-state index contributed by atoms with van der Waals surface area (Å²) in [5.41, 5.74) is 0.971. The first kappa shape index (κ1) is 12.6. The highest BCUT2D eigenvalue weighted by Crippen LogP contribution is 2.25. The van der Waals surface area contributed by atoms with Crippen LogP contribution in [-0.2, 0) is 11.3 Å². The second-order valence-electron chi connectivity index (χ2n) is 3.52. The molecule has 84 valence electrons. The Hall–Kier alpha value is -0.510. The Balaban J connectivity index is 2.48. The van der Waals surface area contributed by atoms with Crippen molar-refractivity contribution in [3.8, 4) is 0 Å². The van der Waals surface area contributed by atoms with Crippen LogP contribution in [0.2, 0.25) is 0 Å². The molecule has 1 aromatic rings. The molecule has 15 heavy (non-hydrogen) atoms. The van der Waals surface area contributed by atoms with E-state index in [0.29, 0.717) is 5.25 Å². The minimum Gasteiger partial charge on any atom is -0.392 e. The maximum atomic E-state index is 9.01. The molecule has 0 saturated carbocycles. The second kappa shape index (κ2) is 6.88. The summed E-state index contributed by atoms with van der Waals surface area (Å²) in [5.74, 6) is 0. The van der Waals surface area contributed by atoms with Gasteiger partial charge in [0.25, 0.3) is 0 Å². The van der Waals surface area contributed by atoms with Crippen molar-refractivity contribution >= 4 is 11.8 Å². The number of thioether (sulfide) groups is 1. The first-order chi connectivity index (χ1) is 7.26. The van der Waals surface area contributed by atoms with Gasteiger partial charge in [-0.3, -0.25) is 0 Å². The lowest BCUT2D eigenvalue weighted by atomic mass is 10.2. The molecule has 0 aliphatic heterocycles. The second-order valence-corrected chi connectivity index (χ2v) is 5.03. The average Bonchev–Trinajstić information content (AvgIpc) is 2.26. The molecule has 0 amide bonds. The number of hydrogen-bond donors (Lipinski definition) is 1. The zero-order valence-electron chi connectivity index (χ0n) is 9.27. The summed E-state index contributed by atoms with van der Waals surface area (Å²) in [7, 11) is 1.73. The van der Waals surface area contributed by atoms with Crippen LogP contribution >= 0.6 is 11.8 Å². The average molecular weight is 226 g/mol. The van der Waals surface area contributed by atoms with Gasteiger partial charge in [0.2, 0.25) is 0 Å². The smallest absolute Gasteiger partial charge is 0.0682 e. The summed E-state index contributed by atoms with van der Waals surface area (Å²) in [6.45, 7) is 3.10. The largest absolute Gasteiger partial charge is 0.392 e. The third-order valence-electron chi connectivity index (χ3n) is 2.15. The minimum absolute atomic E-state index is 0.112. The van der Waals surface area contributed by atoms with Crippen LogP contribution in [0.15, 0.2) is 29.2 Å². The summed E-state index contributed by atoms with van der Waals surface area (Å²) < 4.78 is 5.04. The van der Waals surface area contributed by atoms with Crippen molar-refractivity contribution in [1.82, 2.24) is 0 Å². The summed E-state index contributed by atoms with van der Waals surface area (Å²) >= 11 is 1.82. The maximum Gasteiger partial charge on any atom is 0.0682 e. The molecule has 2 nitrogen and oxygen atoms in total. The lowest BCUT2D eigenvalue weighted by Gasteiger charge is -2.10. The molecule has 1 N–H and O–H groups in total. The van der Waals surface area contributed by atoms with Gasteiger partial charge in [0, 0.05) is 23.9 Å². The molecule has 0 aliphatic carbocycles. The highest BCUT2D eigenvalue weighted by molar-refractivity contribution is 7.99. The highest BCUT2D eigenvalue weighted by Gasteiger charge is 2.04. The molecule has 0 fully saturated rings. The predicted molar refractivity (Wildman–Crippen MR) is 64.2 cm³/mol. The number of ether oxygens (including phenoxy) is 1. The zero-order valence-corrected chi connectivity index (χ0v) is 10.1. The topological polar surface area (TPSA) is 29.5 Å². The Morgan fingerprint density at radius 3 is 2.93 bits per heavy atom. The highest BCUT2D eigenvalue weighted by atomic mass is 32.2. The van der Waals surface area contributed by atoms with Crippen molar-refractivity contribution < 1.29 is 9.84 Å². The first-order valence-electron chi connectivity index (χ1n) is 5.11. The number of rotatable bonds is 6. The van der Waals surface area contributed by atoms with Crippen LogP contribution in [0, 0.1) is 0 Å². The van der Waals surface area contributed by atoms with Crippen LogP contribution in [0.1, 0.15) is 18.9 Å². The number of hydrogen-bond acceptors (Lipinski definition) is 3. The lowest BCUT2D eigenvalue weighted by Crippen LogP contribution is -2.01. The minimum atomic E-state index is 0.112. The van der Waals surface area contributed by atoms with Gasteiger partial charge >= 0.3 is 0 Å². The van der Waals surface area contributed by atoms with Crippen LogP contribution in [0.3, 0.4) is 0 Å². The van der Waals surface area contributed by atoms with Gasteiger partial charge in [-0.2, -0.15) is 0 Å². The summed E-state index contributed by atoms with van der Waals surface area (Å²) in [5, 5.41) is 9.55. The Labute approximate surface area is 95.7 Å². The molecule has 0 saturated heterocycles. The number of methoxy groups -OCH3 is 1.